The smallest absolute Gasteiger partial charge is 0.136 e. The maximum atomic E-state index is 5.36. The molecule has 1 aromatic carbocycles. The molecule has 1 aromatic heterocycles. The summed E-state index contributed by atoms with van der Waals surface area (Å²) in [7, 11) is 3.73. The number of hydrogen-bond acceptors (Lipinski definition) is 3. The van der Waals surface area contributed by atoms with Crippen LogP contribution in [0, 0.1) is 0 Å². The van der Waals surface area contributed by atoms with Gasteiger partial charge >= 0.3 is 0 Å². The molecule has 0 unspecified atom stereocenters. The van der Waals surface area contributed by atoms with Crippen LogP contribution in [-0.2, 0) is 6.42 Å². The van der Waals surface area contributed by atoms with Crippen LogP contribution in [0.4, 0.5) is 0 Å². The highest BCUT2D eigenvalue weighted by molar-refractivity contribution is 7.17. The minimum atomic E-state index is 0.988. The van der Waals surface area contributed by atoms with Crippen molar-refractivity contribution < 1.29 is 4.74 Å². The summed E-state index contributed by atoms with van der Waals surface area (Å²) in [5, 5.41) is 6.78. The molecule has 0 aliphatic rings. The van der Waals surface area contributed by atoms with Crippen LogP contribution >= 0.6 is 11.3 Å². The molecule has 0 radical (unpaired) electrons. The number of thiophene rings is 1. The molecule has 2 aromatic rings. The Morgan fingerprint density at radius 1 is 1.38 bits per heavy atom. The van der Waals surface area contributed by atoms with Gasteiger partial charge in [0.2, 0.25) is 0 Å². The Morgan fingerprint density at radius 3 is 3.00 bits per heavy atom. The second-order valence-corrected chi connectivity index (χ2v) is 4.68. The molecule has 0 saturated carbocycles. The van der Waals surface area contributed by atoms with Gasteiger partial charge in [0, 0.05) is 0 Å². The second-order valence-electron chi connectivity index (χ2n) is 3.81. The van der Waals surface area contributed by atoms with E-state index in [0.717, 1.165) is 18.7 Å². The van der Waals surface area contributed by atoms with Crippen LogP contribution in [0.1, 0.15) is 12.0 Å². The van der Waals surface area contributed by atoms with Gasteiger partial charge in [-0.3, -0.25) is 0 Å². The molecule has 1 N–H and O–H groups in total. The number of ether oxygens (including phenoxy) is 1. The van der Waals surface area contributed by atoms with Crippen molar-refractivity contribution in [1.82, 2.24) is 5.32 Å². The Bertz CT molecular complexity index is 464. The van der Waals surface area contributed by atoms with Crippen molar-refractivity contribution in [3.8, 4) is 5.75 Å². The summed E-state index contributed by atoms with van der Waals surface area (Å²) in [6, 6.07) is 6.27. The summed E-state index contributed by atoms with van der Waals surface area (Å²) in [5.41, 5.74) is 1.44. The monoisotopic (exact) mass is 235 g/mol. The zero-order chi connectivity index (χ0) is 11.4. The predicted octanol–water partition coefficient (Wildman–Crippen LogP) is 3.06. The molecule has 1 heterocycles. The number of nitrogens with one attached hydrogen (secondary N) is 1. The van der Waals surface area contributed by atoms with Gasteiger partial charge in [-0.1, -0.05) is 12.1 Å². The normalized spacial score (nSPS) is 10.9. The van der Waals surface area contributed by atoms with E-state index in [1.54, 1.807) is 18.4 Å². The van der Waals surface area contributed by atoms with Crippen LogP contribution in [0.3, 0.4) is 0 Å². The minimum Gasteiger partial charge on any atom is -0.495 e. The van der Waals surface area contributed by atoms with Crippen LogP contribution < -0.4 is 10.1 Å². The molecule has 86 valence electrons. The van der Waals surface area contributed by atoms with E-state index in [2.05, 4.69) is 22.8 Å². The lowest BCUT2D eigenvalue weighted by molar-refractivity contribution is 0.420. The van der Waals surface area contributed by atoms with E-state index < -0.39 is 0 Å². The van der Waals surface area contributed by atoms with Gasteiger partial charge in [0.1, 0.15) is 5.75 Å². The van der Waals surface area contributed by atoms with E-state index in [1.165, 1.54) is 22.1 Å². The SMILES string of the molecule is CNCCCc1csc2c(OC)cccc12. The maximum absolute atomic E-state index is 5.36. The number of methoxy groups -OCH3 is 1. The van der Waals surface area contributed by atoms with Crippen LogP contribution in [0.25, 0.3) is 10.1 Å². The Labute approximate surface area is 100 Å². The molecule has 0 amide bonds. The van der Waals surface area contributed by atoms with Crippen LogP contribution in [-0.4, -0.2) is 20.7 Å². The molecule has 0 spiro atoms. The Balaban J connectivity index is 2.27. The third-order valence-corrected chi connectivity index (χ3v) is 3.80. The highest BCUT2D eigenvalue weighted by Crippen LogP contribution is 2.33. The lowest BCUT2D eigenvalue weighted by atomic mass is 10.1. The van der Waals surface area contributed by atoms with Gasteiger partial charge in [-0.2, -0.15) is 0 Å². The van der Waals surface area contributed by atoms with E-state index in [-0.39, 0.29) is 0 Å². The lowest BCUT2D eigenvalue weighted by Gasteiger charge is -2.02. The predicted molar refractivity (Wildman–Crippen MR) is 70.6 cm³/mol. The number of fused-ring (bicyclic) bond motifs is 1. The highest BCUT2D eigenvalue weighted by atomic mass is 32.1. The number of rotatable bonds is 5. The van der Waals surface area contributed by atoms with Crippen molar-refractivity contribution in [2.24, 2.45) is 0 Å². The van der Waals surface area contributed by atoms with E-state index in [0.29, 0.717) is 0 Å². The lowest BCUT2D eigenvalue weighted by Crippen LogP contribution is -2.08. The molecule has 0 atom stereocenters. The third kappa shape index (κ3) is 2.20. The topological polar surface area (TPSA) is 21.3 Å². The fourth-order valence-electron chi connectivity index (χ4n) is 1.89. The molecule has 0 aliphatic heterocycles. The molecular weight excluding hydrogens is 218 g/mol. The minimum absolute atomic E-state index is 0.988. The van der Waals surface area contributed by atoms with Crippen LogP contribution in [0.5, 0.6) is 5.75 Å². The fourth-order valence-corrected chi connectivity index (χ4v) is 2.99. The van der Waals surface area contributed by atoms with E-state index in [9.17, 15) is 0 Å². The average molecular weight is 235 g/mol. The highest BCUT2D eigenvalue weighted by Gasteiger charge is 2.07. The zero-order valence-corrected chi connectivity index (χ0v) is 10.6. The number of benzene rings is 1. The van der Waals surface area contributed by atoms with Crippen LogP contribution in [0.2, 0.25) is 0 Å². The quantitative estimate of drug-likeness (QED) is 0.804. The summed E-state index contributed by atoms with van der Waals surface area (Å²) < 4.78 is 6.63. The van der Waals surface area contributed by atoms with Gasteiger partial charge in [0.25, 0.3) is 0 Å². The van der Waals surface area contributed by atoms with Crippen molar-refractivity contribution in [2.75, 3.05) is 20.7 Å². The first-order chi connectivity index (χ1) is 7.86. The van der Waals surface area contributed by atoms with E-state index in [1.807, 2.05) is 13.1 Å². The maximum Gasteiger partial charge on any atom is 0.136 e. The Morgan fingerprint density at radius 2 is 2.25 bits per heavy atom. The fraction of sp³-hybridized carbons (Fsp3) is 0.385. The van der Waals surface area contributed by atoms with E-state index >= 15 is 0 Å². The first-order valence-electron chi connectivity index (χ1n) is 5.54. The van der Waals surface area contributed by atoms with Crippen molar-refractivity contribution in [3.05, 3.63) is 29.1 Å². The van der Waals surface area contributed by atoms with Crippen molar-refractivity contribution in [2.45, 2.75) is 12.8 Å². The summed E-state index contributed by atoms with van der Waals surface area (Å²) >= 11 is 1.78. The van der Waals surface area contributed by atoms with Gasteiger partial charge in [-0.15, -0.1) is 11.3 Å². The number of aryl methyl sites for hydroxylation is 1. The first kappa shape index (κ1) is 11.4. The molecule has 3 heteroatoms. The molecule has 2 nitrogen and oxygen atoms in total. The summed E-state index contributed by atoms with van der Waals surface area (Å²) in [6.45, 7) is 1.07. The third-order valence-electron chi connectivity index (χ3n) is 2.74. The van der Waals surface area contributed by atoms with Gasteiger partial charge in [0.05, 0.1) is 11.8 Å². The zero-order valence-electron chi connectivity index (χ0n) is 9.75. The molecule has 0 saturated heterocycles. The standard InChI is InChI=1S/C13H17NOS/c1-14-8-4-5-10-9-16-13-11(10)6-3-7-12(13)15-2/h3,6-7,9,14H,4-5,8H2,1-2H3. The Hall–Kier alpha value is -1.06. The molecule has 0 fully saturated rings. The van der Waals surface area contributed by atoms with Gasteiger partial charge in [0.15, 0.2) is 0 Å². The van der Waals surface area contributed by atoms with Crippen molar-refractivity contribution in [3.63, 3.8) is 0 Å². The number of hydrogen-bond donors (Lipinski definition) is 1. The van der Waals surface area contributed by atoms with Gasteiger partial charge in [-0.05, 0) is 48.8 Å². The largest absolute Gasteiger partial charge is 0.495 e. The van der Waals surface area contributed by atoms with Gasteiger partial charge in [-0.25, -0.2) is 0 Å². The molecule has 16 heavy (non-hydrogen) atoms. The summed E-state index contributed by atoms with van der Waals surface area (Å²) in [6.07, 6.45) is 2.31. The first-order valence-corrected chi connectivity index (χ1v) is 6.42. The van der Waals surface area contributed by atoms with Crippen molar-refractivity contribution in [1.29, 1.82) is 0 Å². The molecule has 0 aliphatic carbocycles. The summed E-state index contributed by atoms with van der Waals surface area (Å²) in [5.74, 6) is 0.988. The molecular formula is C13H17NOS. The second kappa shape index (κ2) is 5.32. The van der Waals surface area contributed by atoms with Crippen molar-refractivity contribution >= 4 is 21.4 Å². The van der Waals surface area contributed by atoms with E-state index in [4.69, 9.17) is 4.74 Å². The molecule has 2 rings (SSSR count). The average Bonchev–Trinajstić information content (AvgIpc) is 2.73. The molecule has 0 bridgehead atoms. The Kier molecular flexibility index (Phi) is 3.80. The summed E-state index contributed by atoms with van der Waals surface area (Å²) in [4.78, 5) is 0. The van der Waals surface area contributed by atoms with Gasteiger partial charge < -0.3 is 10.1 Å². The van der Waals surface area contributed by atoms with Crippen LogP contribution in [0.15, 0.2) is 23.6 Å².